The van der Waals surface area contributed by atoms with E-state index in [-0.39, 0.29) is 40.3 Å². The average Bonchev–Trinajstić information content (AvgIpc) is 2.83. The van der Waals surface area contributed by atoms with E-state index in [1.54, 1.807) is 30.3 Å². The molecule has 0 aliphatic rings. The molecule has 0 aromatic heterocycles. The maximum Gasteiger partial charge on any atom is 0.269 e. The number of ether oxygens (including phenoxy) is 2. The number of nitro groups is 1. The molecule has 0 radical (unpaired) electrons. The van der Waals surface area contributed by atoms with E-state index in [9.17, 15) is 20.2 Å². The zero-order valence-corrected chi connectivity index (χ0v) is 19.1. The summed E-state index contributed by atoms with van der Waals surface area (Å²) in [5.41, 5.74) is 2.99. The van der Waals surface area contributed by atoms with Crippen molar-refractivity contribution < 1.29 is 19.2 Å². The Kier molecular flexibility index (Phi) is 7.85. The molecule has 0 fully saturated rings. The van der Waals surface area contributed by atoms with Gasteiger partial charge in [-0.2, -0.15) is 5.26 Å². The Labute approximate surface area is 201 Å². The van der Waals surface area contributed by atoms with Gasteiger partial charge in [0.15, 0.2) is 18.1 Å². The lowest BCUT2D eigenvalue weighted by atomic mass is 10.0. The number of nitro benzene ring substituents is 1. The van der Waals surface area contributed by atoms with Crippen LogP contribution in [0.25, 0.3) is 11.6 Å². The first-order chi connectivity index (χ1) is 16.3. The molecule has 1 N–H and O–H groups in total. The summed E-state index contributed by atoms with van der Waals surface area (Å²) in [5, 5.41) is 23.3. The van der Waals surface area contributed by atoms with E-state index in [2.05, 4.69) is 11.4 Å². The van der Waals surface area contributed by atoms with Crippen molar-refractivity contribution >= 4 is 40.5 Å². The average molecular weight is 478 g/mol. The predicted octanol–water partition coefficient (Wildman–Crippen LogP) is 5.65. The number of nitrogens with one attached hydrogen (secondary N) is 1. The van der Waals surface area contributed by atoms with Crippen LogP contribution >= 0.6 is 11.6 Å². The maximum absolute atomic E-state index is 12.2. The first kappa shape index (κ1) is 24.3. The third kappa shape index (κ3) is 6.12. The lowest BCUT2D eigenvalue weighted by Gasteiger charge is -2.13. The van der Waals surface area contributed by atoms with E-state index >= 15 is 0 Å². The first-order valence-electron chi connectivity index (χ1n) is 10.0. The molecule has 0 saturated carbocycles. The van der Waals surface area contributed by atoms with Gasteiger partial charge in [-0.3, -0.25) is 14.9 Å². The van der Waals surface area contributed by atoms with E-state index in [0.717, 1.165) is 5.56 Å². The Morgan fingerprint density at radius 3 is 2.44 bits per heavy atom. The number of carbonyl (C=O) groups excluding carboxylic acids is 1. The zero-order valence-electron chi connectivity index (χ0n) is 18.4. The molecular formula is C25H20ClN3O5. The molecule has 0 aliphatic heterocycles. The lowest BCUT2D eigenvalue weighted by Crippen LogP contribution is -2.20. The van der Waals surface area contributed by atoms with E-state index in [1.165, 1.54) is 31.4 Å². The Balaban J connectivity index is 1.78. The molecule has 9 heteroatoms. The van der Waals surface area contributed by atoms with Gasteiger partial charge in [0.2, 0.25) is 0 Å². The van der Waals surface area contributed by atoms with Crippen molar-refractivity contribution in [2.75, 3.05) is 19.0 Å². The molecule has 0 aliphatic carbocycles. The second kappa shape index (κ2) is 11.0. The number of methoxy groups -OCH3 is 1. The molecule has 0 bridgehead atoms. The second-order valence-electron chi connectivity index (χ2n) is 7.21. The van der Waals surface area contributed by atoms with Crippen molar-refractivity contribution in [1.82, 2.24) is 0 Å². The summed E-state index contributed by atoms with van der Waals surface area (Å²) in [6.07, 6.45) is 1.57. The van der Waals surface area contributed by atoms with Crippen LogP contribution in [0.2, 0.25) is 5.02 Å². The van der Waals surface area contributed by atoms with Crippen molar-refractivity contribution in [3.05, 3.63) is 92.5 Å². The van der Waals surface area contributed by atoms with Gasteiger partial charge in [0, 0.05) is 17.8 Å². The third-order valence-corrected chi connectivity index (χ3v) is 5.04. The Bertz CT molecular complexity index is 1280. The van der Waals surface area contributed by atoms with Crippen molar-refractivity contribution in [2.24, 2.45) is 0 Å². The molecule has 3 aromatic rings. The van der Waals surface area contributed by atoms with Crippen LogP contribution in [0.1, 0.15) is 16.7 Å². The molecule has 1 amide bonds. The van der Waals surface area contributed by atoms with E-state index in [4.69, 9.17) is 21.1 Å². The monoisotopic (exact) mass is 477 g/mol. The normalized spacial score (nSPS) is 10.8. The second-order valence-corrected chi connectivity index (χ2v) is 7.62. The van der Waals surface area contributed by atoms with Crippen LogP contribution in [0, 0.1) is 28.4 Å². The highest BCUT2D eigenvalue weighted by molar-refractivity contribution is 6.32. The van der Waals surface area contributed by atoms with Crippen LogP contribution in [-0.2, 0) is 4.79 Å². The molecular weight excluding hydrogens is 458 g/mol. The van der Waals surface area contributed by atoms with E-state index < -0.39 is 4.92 Å². The standard InChI is InChI=1S/C25H20ClN3O5/c1-16-3-7-20(8-4-16)28-24(30)15-34-25-22(26)12-17(13-23(25)33-2)11-19(14-27)18-5-9-21(10-6-18)29(31)32/h3-13H,15H2,1-2H3,(H,28,30)/b19-11-. The number of nitrogens with zero attached hydrogens (tertiary/aromatic N) is 2. The summed E-state index contributed by atoms with van der Waals surface area (Å²) in [4.78, 5) is 22.6. The minimum Gasteiger partial charge on any atom is -0.493 e. The smallest absolute Gasteiger partial charge is 0.269 e. The molecule has 3 rings (SSSR count). The van der Waals surface area contributed by atoms with E-state index in [1.807, 2.05) is 19.1 Å². The van der Waals surface area contributed by atoms with Crippen LogP contribution in [-0.4, -0.2) is 24.5 Å². The minimum atomic E-state index is -0.510. The predicted molar refractivity (Wildman–Crippen MR) is 130 cm³/mol. The van der Waals surface area contributed by atoms with Crippen molar-refractivity contribution in [2.45, 2.75) is 6.92 Å². The van der Waals surface area contributed by atoms with Gasteiger partial charge in [0.25, 0.3) is 11.6 Å². The van der Waals surface area contributed by atoms with Gasteiger partial charge in [-0.1, -0.05) is 29.3 Å². The van der Waals surface area contributed by atoms with Gasteiger partial charge in [-0.25, -0.2) is 0 Å². The van der Waals surface area contributed by atoms with Gasteiger partial charge in [0.05, 0.1) is 28.7 Å². The molecule has 0 unspecified atom stereocenters. The fourth-order valence-corrected chi connectivity index (χ4v) is 3.32. The summed E-state index contributed by atoms with van der Waals surface area (Å²) >= 11 is 6.38. The Hall–Kier alpha value is -4.35. The number of nitriles is 1. The van der Waals surface area contributed by atoms with Gasteiger partial charge in [-0.05, 0) is 60.5 Å². The molecule has 3 aromatic carbocycles. The summed E-state index contributed by atoms with van der Waals surface area (Å²) < 4.78 is 11.0. The fraction of sp³-hybridized carbons (Fsp3) is 0.120. The topological polar surface area (TPSA) is 114 Å². The SMILES string of the molecule is COc1cc(/C=C(/C#N)c2ccc([N+](=O)[O-])cc2)cc(Cl)c1OCC(=O)Nc1ccc(C)cc1. The Morgan fingerprint density at radius 2 is 1.85 bits per heavy atom. The molecule has 0 atom stereocenters. The number of hydrogen-bond acceptors (Lipinski definition) is 6. The van der Waals surface area contributed by atoms with Crippen LogP contribution < -0.4 is 14.8 Å². The molecule has 0 saturated heterocycles. The quantitative estimate of drug-likeness (QED) is 0.194. The maximum atomic E-state index is 12.2. The number of anilines is 1. The summed E-state index contributed by atoms with van der Waals surface area (Å²) in [7, 11) is 1.43. The highest BCUT2D eigenvalue weighted by Gasteiger charge is 2.15. The number of amides is 1. The highest BCUT2D eigenvalue weighted by Crippen LogP contribution is 2.37. The van der Waals surface area contributed by atoms with E-state index in [0.29, 0.717) is 16.8 Å². The third-order valence-electron chi connectivity index (χ3n) is 4.76. The number of non-ortho nitro benzene ring substituents is 1. The number of aryl methyl sites for hydroxylation is 1. The number of rotatable bonds is 8. The molecule has 172 valence electrons. The van der Waals surface area contributed by atoms with Crippen LogP contribution in [0.3, 0.4) is 0 Å². The zero-order chi connectivity index (χ0) is 24.7. The van der Waals surface area contributed by atoms with Crippen LogP contribution in [0.4, 0.5) is 11.4 Å². The van der Waals surface area contributed by atoms with Crippen LogP contribution in [0.5, 0.6) is 11.5 Å². The largest absolute Gasteiger partial charge is 0.493 e. The molecule has 0 heterocycles. The number of carbonyl (C=O) groups is 1. The van der Waals surface area contributed by atoms with Gasteiger partial charge in [0.1, 0.15) is 0 Å². The lowest BCUT2D eigenvalue weighted by molar-refractivity contribution is -0.384. The summed E-state index contributed by atoms with van der Waals surface area (Å²) in [6.45, 7) is 1.67. The van der Waals surface area contributed by atoms with Crippen molar-refractivity contribution in [3.63, 3.8) is 0 Å². The fourth-order valence-electron chi connectivity index (χ4n) is 3.04. The molecule has 0 spiro atoms. The number of allylic oxidation sites excluding steroid dienone is 1. The summed E-state index contributed by atoms with van der Waals surface area (Å²) in [5.74, 6) is 0.105. The summed E-state index contributed by atoms with van der Waals surface area (Å²) in [6, 6.07) is 18.3. The van der Waals surface area contributed by atoms with Crippen molar-refractivity contribution in [3.8, 4) is 17.6 Å². The minimum absolute atomic E-state index is 0.0707. The highest BCUT2D eigenvalue weighted by atomic mass is 35.5. The number of benzene rings is 3. The van der Waals surface area contributed by atoms with Crippen molar-refractivity contribution in [1.29, 1.82) is 5.26 Å². The van der Waals surface area contributed by atoms with Gasteiger partial charge < -0.3 is 14.8 Å². The number of hydrogen-bond donors (Lipinski definition) is 1. The van der Waals surface area contributed by atoms with Gasteiger partial charge in [-0.15, -0.1) is 0 Å². The van der Waals surface area contributed by atoms with Crippen LogP contribution in [0.15, 0.2) is 60.7 Å². The number of halogens is 1. The first-order valence-corrected chi connectivity index (χ1v) is 10.4. The van der Waals surface area contributed by atoms with Gasteiger partial charge >= 0.3 is 0 Å². The molecule has 34 heavy (non-hydrogen) atoms. The Morgan fingerprint density at radius 1 is 1.18 bits per heavy atom. The molecule has 8 nitrogen and oxygen atoms in total.